The van der Waals surface area contributed by atoms with Crippen molar-refractivity contribution < 1.29 is 9.72 Å². The highest BCUT2D eigenvalue weighted by atomic mass is 32.1. The fraction of sp³-hybridized carbons (Fsp3) is 0.375. The first-order valence-electron chi connectivity index (χ1n) is 7.68. The Bertz CT molecular complexity index is 776. The predicted octanol–water partition coefficient (Wildman–Crippen LogP) is 2.71. The molecule has 7 nitrogen and oxygen atoms in total. The maximum Gasteiger partial charge on any atom is 0.324 e. The van der Waals surface area contributed by atoms with E-state index in [0.717, 1.165) is 22.8 Å². The van der Waals surface area contributed by atoms with Gasteiger partial charge in [0.25, 0.3) is 5.91 Å². The number of anilines is 1. The fourth-order valence-electron chi connectivity index (χ4n) is 2.87. The van der Waals surface area contributed by atoms with Crippen LogP contribution in [-0.2, 0) is 0 Å². The Morgan fingerprint density at radius 1 is 1.42 bits per heavy atom. The SMILES string of the molecule is Cc1cccc(N2CCN(C(=O)c3csc([N+](=O)[O-])c3)[C@@H](C)C2)n1. The third-order valence-electron chi connectivity index (χ3n) is 4.10. The van der Waals surface area contributed by atoms with Crippen molar-refractivity contribution in [3.63, 3.8) is 0 Å². The maximum atomic E-state index is 12.6. The molecule has 1 saturated heterocycles. The lowest BCUT2D eigenvalue weighted by molar-refractivity contribution is -0.380. The molecule has 24 heavy (non-hydrogen) atoms. The summed E-state index contributed by atoms with van der Waals surface area (Å²) in [6.07, 6.45) is 0. The molecule has 1 aliphatic rings. The van der Waals surface area contributed by atoms with Crippen LogP contribution in [0.5, 0.6) is 0 Å². The van der Waals surface area contributed by atoms with Crippen molar-refractivity contribution in [3.8, 4) is 0 Å². The van der Waals surface area contributed by atoms with Crippen LogP contribution in [0.1, 0.15) is 23.0 Å². The summed E-state index contributed by atoms with van der Waals surface area (Å²) >= 11 is 0.983. The summed E-state index contributed by atoms with van der Waals surface area (Å²) < 4.78 is 0. The molecule has 0 aromatic carbocycles. The molecule has 126 valence electrons. The summed E-state index contributed by atoms with van der Waals surface area (Å²) in [7, 11) is 0. The third-order valence-corrected chi connectivity index (χ3v) is 4.98. The number of aromatic nitrogens is 1. The van der Waals surface area contributed by atoms with Gasteiger partial charge in [0.05, 0.1) is 10.5 Å². The molecule has 0 bridgehead atoms. The average molecular weight is 346 g/mol. The van der Waals surface area contributed by atoms with Crippen LogP contribution < -0.4 is 4.90 Å². The Morgan fingerprint density at radius 3 is 2.83 bits per heavy atom. The number of piperazine rings is 1. The Kier molecular flexibility index (Phi) is 4.48. The van der Waals surface area contributed by atoms with Crippen LogP contribution in [0.2, 0.25) is 0 Å². The molecule has 0 unspecified atom stereocenters. The minimum Gasteiger partial charge on any atom is -0.353 e. The smallest absolute Gasteiger partial charge is 0.324 e. The molecule has 0 N–H and O–H groups in total. The number of rotatable bonds is 3. The van der Waals surface area contributed by atoms with Gasteiger partial charge in [-0.1, -0.05) is 17.4 Å². The van der Waals surface area contributed by atoms with Gasteiger partial charge in [-0.25, -0.2) is 4.98 Å². The van der Waals surface area contributed by atoms with Gasteiger partial charge in [-0.3, -0.25) is 14.9 Å². The number of nitrogens with zero attached hydrogens (tertiary/aromatic N) is 4. The molecule has 0 spiro atoms. The maximum absolute atomic E-state index is 12.6. The second kappa shape index (κ2) is 6.56. The van der Waals surface area contributed by atoms with Crippen LogP contribution >= 0.6 is 11.3 Å². The molecule has 1 aliphatic heterocycles. The fourth-order valence-corrected chi connectivity index (χ4v) is 3.57. The van der Waals surface area contributed by atoms with E-state index in [-0.39, 0.29) is 17.0 Å². The highest BCUT2D eigenvalue weighted by Crippen LogP contribution is 2.25. The molecule has 0 aliphatic carbocycles. The lowest BCUT2D eigenvalue weighted by Gasteiger charge is -2.40. The highest BCUT2D eigenvalue weighted by molar-refractivity contribution is 7.13. The summed E-state index contributed by atoms with van der Waals surface area (Å²) in [5.41, 5.74) is 1.35. The standard InChI is InChI=1S/C16H18N4O3S/c1-11-4-3-5-14(17-11)18-6-7-19(12(2)9-18)16(21)13-8-15(20(22)23)24-10-13/h3-5,8,10,12H,6-7,9H2,1-2H3/t12-/m0/s1. The van der Waals surface area contributed by atoms with Crippen LogP contribution in [0.3, 0.4) is 0 Å². The highest BCUT2D eigenvalue weighted by Gasteiger charge is 2.30. The molecular formula is C16H18N4O3S. The molecule has 2 aromatic heterocycles. The molecule has 3 rings (SSSR count). The van der Waals surface area contributed by atoms with Gasteiger partial charge in [-0.05, 0) is 26.0 Å². The van der Waals surface area contributed by atoms with Crippen molar-refractivity contribution in [2.75, 3.05) is 24.5 Å². The van der Waals surface area contributed by atoms with E-state index in [9.17, 15) is 14.9 Å². The molecule has 1 amide bonds. The van der Waals surface area contributed by atoms with Crippen LogP contribution in [0.25, 0.3) is 0 Å². The number of thiophene rings is 1. The van der Waals surface area contributed by atoms with Crippen molar-refractivity contribution in [3.05, 3.63) is 51.0 Å². The van der Waals surface area contributed by atoms with Crippen molar-refractivity contribution in [2.45, 2.75) is 19.9 Å². The molecule has 1 atom stereocenters. The van der Waals surface area contributed by atoms with Crippen LogP contribution in [0, 0.1) is 17.0 Å². The van der Waals surface area contributed by atoms with Crippen molar-refractivity contribution in [1.29, 1.82) is 0 Å². The van der Waals surface area contributed by atoms with Crippen molar-refractivity contribution in [1.82, 2.24) is 9.88 Å². The van der Waals surface area contributed by atoms with Gasteiger partial charge < -0.3 is 9.80 Å². The summed E-state index contributed by atoms with van der Waals surface area (Å²) in [4.78, 5) is 31.4. The van der Waals surface area contributed by atoms with Crippen LogP contribution in [0.4, 0.5) is 10.8 Å². The van der Waals surface area contributed by atoms with Crippen molar-refractivity contribution >= 4 is 28.1 Å². The van der Waals surface area contributed by atoms with Gasteiger partial charge in [-0.15, -0.1) is 0 Å². The lowest BCUT2D eigenvalue weighted by Crippen LogP contribution is -2.54. The van der Waals surface area contributed by atoms with E-state index in [1.54, 1.807) is 10.3 Å². The second-order valence-electron chi connectivity index (χ2n) is 5.86. The Labute approximate surface area is 143 Å². The number of carbonyl (C=O) groups is 1. The van der Waals surface area contributed by atoms with Crippen LogP contribution in [-0.4, -0.2) is 46.4 Å². The minimum atomic E-state index is -0.466. The Balaban J connectivity index is 1.71. The van der Waals surface area contributed by atoms with Gasteiger partial charge >= 0.3 is 5.00 Å². The molecular weight excluding hydrogens is 328 g/mol. The zero-order chi connectivity index (χ0) is 17.3. The monoisotopic (exact) mass is 346 g/mol. The van der Waals surface area contributed by atoms with Gasteiger partial charge in [0.1, 0.15) is 5.82 Å². The zero-order valence-corrected chi connectivity index (χ0v) is 14.3. The normalized spacial score (nSPS) is 17.8. The van der Waals surface area contributed by atoms with E-state index >= 15 is 0 Å². The van der Waals surface area contributed by atoms with Gasteiger partial charge in [-0.2, -0.15) is 0 Å². The Hall–Kier alpha value is -2.48. The minimum absolute atomic E-state index is 0.00593. The first kappa shape index (κ1) is 16.4. The molecule has 1 fully saturated rings. The summed E-state index contributed by atoms with van der Waals surface area (Å²) in [5, 5.41) is 12.3. The predicted molar refractivity (Wildman–Crippen MR) is 92.7 cm³/mol. The van der Waals surface area contributed by atoms with Crippen molar-refractivity contribution in [2.24, 2.45) is 0 Å². The number of carbonyl (C=O) groups excluding carboxylic acids is 1. The van der Waals surface area contributed by atoms with E-state index in [1.807, 2.05) is 32.0 Å². The molecule has 2 aromatic rings. The average Bonchev–Trinajstić information content (AvgIpc) is 3.04. The van der Waals surface area contributed by atoms with Gasteiger partial charge in [0, 0.05) is 42.8 Å². The zero-order valence-electron chi connectivity index (χ0n) is 13.5. The molecule has 0 saturated carbocycles. The lowest BCUT2D eigenvalue weighted by atomic mass is 10.1. The number of hydrogen-bond donors (Lipinski definition) is 0. The third kappa shape index (κ3) is 3.23. The summed E-state index contributed by atoms with van der Waals surface area (Å²) in [5.74, 6) is 0.767. The first-order valence-corrected chi connectivity index (χ1v) is 8.56. The van der Waals surface area contributed by atoms with Gasteiger partial charge in [0.15, 0.2) is 0 Å². The number of pyridine rings is 1. The number of nitro groups is 1. The van der Waals surface area contributed by atoms with Crippen LogP contribution in [0.15, 0.2) is 29.6 Å². The molecule has 8 heteroatoms. The summed E-state index contributed by atoms with van der Waals surface area (Å²) in [6.45, 7) is 5.89. The van der Waals surface area contributed by atoms with E-state index < -0.39 is 4.92 Å². The first-order chi connectivity index (χ1) is 11.5. The quantitative estimate of drug-likeness (QED) is 0.630. The van der Waals surface area contributed by atoms with E-state index in [2.05, 4.69) is 9.88 Å². The van der Waals surface area contributed by atoms with Gasteiger partial charge in [0.2, 0.25) is 0 Å². The van der Waals surface area contributed by atoms with E-state index in [4.69, 9.17) is 0 Å². The number of aryl methyl sites for hydroxylation is 1. The number of amides is 1. The topological polar surface area (TPSA) is 79.6 Å². The number of hydrogen-bond acceptors (Lipinski definition) is 6. The Morgan fingerprint density at radius 2 is 2.21 bits per heavy atom. The van der Waals surface area contributed by atoms with E-state index in [0.29, 0.717) is 25.2 Å². The largest absolute Gasteiger partial charge is 0.353 e. The second-order valence-corrected chi connectivity index (χ2v) is 6.75. The molecule has 0 radical (unpaired) electrons. The summed E-state index contributed by atoms with van der Waals surface area (Å²) in [6, 6.07) is 7.27. The molecule has 3 heterocycles. The van der Waals surface area contributed by atoms with E-state index in [1.165, 1.54) is 6.07 Å².